The van der Waals surface area contributed by atoms with Gasteiger partial charge in [0.05, 0.1) is 19.5 Å². The molecule has 25 heteroatoms. The minimum atomic E-state index is -1.49. The van der Waals surface area contributed by atoms with E-state index in [1.54, 1.807) is 30.9 Å². The molecule has 1 spiro atoms. The Balaban J connectivity index is 1.27. The molecule has 534 valence electrons. The van der Waals surface area contributed by atoms with E-state index in [1.807, 2.05) is 39.8 Å². The zero-order valence-electron chi connectivity index (χ0n) is 59.3. The summed E-state index contributed by atoms with van der Waals surface area (Å²) in [5.74, 6) is -7.72. The second-order valence-corrected chi connectivity index (χ2v) is 29.7. The third-order valence-electron chi connectivity index (χ3n) is 21.5. The highest BCUT2D eigenvalue weighted by atomic mass is 35.5. The molecule has 4 aliphatic heterocycles. The van der Waals surface area contributed by atoms with Crippen LogP contribution in [-0.2, 0) is 64.0 Å². The van der Waals surface area contributed by atoms with Crippen molar-refractivity contribution >= 4 is 82.5 Å². The summed E-state index contributed by atoms with van der Waals surface area (Å²) in [6.45, 7) is 11.3. The van der Waals surface area contributed by atoms with E-state index in [1.165, 1.54) is 81.5 Å². The number of carbonyl (C=O) groups is 12. The van der Waals surface area contributed by atoms with Gasteiger partial charge in [0.1, 0.15) is 53.9 Å². The monoisotopic (exact) mass is 1360 g/mol. The number of fused-ring (bicyclic) bond motifs is 2. The number of likely N-dealkylation sites (N-methyl/N-ethyl adjacent to an activating group) is 6. The summed E-state index contributed by atoms with van der Waals surface area (Å²) in [7, 11) is 8.89. The van der Waals surface area contributed by atoms with E-state index in [0.717, 1.165) is 44.1 Å². The molecular formula is C71H111ClN12O12. The fraction of sp³-hybridized carbons (Fsp3) is 0.746. The average molecular weight is 1360 g/mol. The molecule has 6 fully saturated rings. The predicted molar refractivity (Wildman–Crippen MR) is 364 cm³/mol. The summed E-state index contributed by atoms with van der Waals surface area (Å²) >= 11 is 6.25. The Morgan fingerprint density at radius 3 is 1.77 bits per heavy atom. The van der Waals surface area contributed by atoms with E-state index in [2.05, 4.69) is 16.0 Å². The van der Waals surface area contributed by atoms with Crippen molar-refractivity contribution in [2.75, 3.05) is 81.6 Å². The molecule has 1 aromatic rings. The van der Waals surface area contributed by atoms with Crippen LogP contribution >= 0.6 is 11.6 Å². The summed E-state index contributed by atoms with van der Waals surface area (Å²) in [6.07, 6.45) is 10.8. The Kier molecular flexibility index (Phi) is 27.6. The molecule has 0 bridgehead atoms. The molecular weight excluding hydrogens is 1250 g/mol. The third-order valence-corrected chi connectivity index (χ3v) is 21.7. The molecule has 2 saturated carbocycles. The Hall–Kier alpha value is -6.85. The zero-order valence-corrected chi connectivity index (χ0v) is 60.1. The molecule has 0 unspecified atom stereocenters. The number of aryl methyl sites for hydroxylation is 1. The normalized spacial score (nSPS) is 27.6. The van der Waals surface area contributed by atoms with Crippen LogP contribution < -0.4 is 16.0 Å². The van der Waals surface area contributed by atoms with Gasteiger partial charge in [0.15, 0.2) is 0 Å². The first-order valence-electron chi connectivity index (χ1n) is 35.6. The van der Waals surface area contributed by atoms with Gasteiger partial charge in [-0.15, -0.1) is 0 Å². The summed E-state index contributed by atoms with van der Waals surface area (Å²) in [6, 6.07) is -2.02. The third kappa shape index (κ3) is 18.7. The van der Waals surface area contributed by atoms with Crippen LogP contribution in [0.3, 0.4) is 0 Å². The topological polar surface area (TPSA) is 270 Å². The first-order chi connectivity index (χ1) is 45.5. The van der Waals surface area contributed by atoms with Gasteiger partial charge in [-0.25, -0.2) is 0 Å². The Morgan fingerprint density at radius 2 is 1.17 bits per heavy atom. The lowest BCUT2D eigenvalue weighted by molar-refractivity contribution is -0.156. The van der Waals surface area contributed by atoms with Gasteiger partial charge in [-0.1, -0.05) is 117 Å². The van der Waals surface area contributed by atoms with E-state index in [9.17, 15) is 28.8 Å². The largest absolute Gasteiger partial charge is 0.343 e. The van der Waals surface area contributed by atoms with E-state index in [-0.39, 0.29) is 63.5 Å². The van der Waals surface area contributed by atoms with Gasteiger partial charge in [-0.2, -0.15) is 0 Å². The number of amides is 12. The maximum Gasteiger partial charge on any atom is 0.248 e. The molecule has 0 radical (unpaired) electrons. The summed E-state index contributed by atoms with van der Waals surface area (Å²) in [5.41, 5.74) is -0.663. The number of rotatable bonds is 11. The van der Waals surface area contributed by atoms with Crippen LogP contribution in [0, 0.1) is 23.7 Å². The molecule has 24 nitrogen and oxygen atoms in total. The Morgan fingerprint density at radius 1 is 0.583 bits per heavy atom. The van der Waals surface area contributed by atoms with Crippen LogP contribution in [0.25, 0.3) is 0 Å². The van der Waals surface area contributed by atoms with E-state index in [4.69, 9.17) is 11.6 Å². The molecule has 96 heavy (non-hydrogen) atoms. The number of nitrogens with one attached hydrogen (secondary N) is 3. The van der Waals surface area contributed by atoms with Crippen molar-refractivity contribution in [3.8, 4) is 0 Å². The smallest absolute Gasteiger partial charge is 0.248 e. The number of carbonyl (C=O) groups excluding carboxylic acids is 12. The second-order valence-electron chi connectivity index (χ2n) is 29.3. The summed E-state index contributed by atoms with van der Waals surface area (Å²) in [5, 5.41) is 9.54. The number of piperidine rings is 1. The first kappa shape index (κ1) is 76.5. The van der Waals surface area contributed by atoms with E-state index < -0.39 is 156 Å². The van der Waals surface area contributed by atoms with Gasteiger partial charge in [0.25, 0.3) is 0 Å². The lowest BCUT2D eigenvalue weighted by atomic mass is 9.84. The van der Waals surface area contributed by atoms with Crippen molar-refractivity contribution in [1.29, 1.82) is 0 Å². The standard InChI is InChI=1S/C71H111ClN12O12/c1-13-47(6)60-68(94)84-39-23-27-53(84)65(91)77(8)44-59(87)79(10)55(41-49-24-16-14-17-25-49)66(92)76(7)43-57(85)73-51(33-30-48-28-31-50(72)32-29-48)64(90)83-38-22-26-52(83)63(89)75-71(34-18-19-35-71)70(96)81(12)61(46(4)5)69(95)80(11)56(67(93)82-36-20-15-21-37-82)42-58(86)78(9)54(40-45(2)3)62(88)74-60/h28-29,31-32,45-47,49,51-56,60-61H,13-27,30,33-44H2,1-12H3,(H,73,85)(H,74,88)(H,75,89)/t47-,51-,52-,53-,54-,55-,56-,60-,61-/m0/s1. The molecule has 4 heterocycles. The predicted octanol–water partition coefficient (Wildman–Crippen LogP) is 5.01. The van der Waals surface area contributed by atoms with Gasteiger partial charge >= 0.3 is 0 Å². The number of hydrogen-bond acceptors (Lipinski definition) is 12. The fourth-order valence-electron chi connectivity index (χ4n) is 15.4. The van der Waals surface area contributed by atoms with Gasteiger partial charge in [-0.3, -0.25) is 57.5 Å². The van der Waals surface area contributed by atoms with Crippen LogP contribution in [0.15, 0.2) is 24.3 Å². The average Bonchev–Trinajstić information content (AvgIpc) is 1.27. The van der Waals surface area contributed by atoms with Crippen LogP contribution in [0.2, 0.25) is 5.02 Å². The van der Waals surface area contributed by atoms with Crippen LogP contribution in [0.1, 0.15) is 182 Å². The maximum absolute atomic E-state index is 15.4. The summed E-state index contributed by atoms with van der Waals surface area (Å²) in [4.78, 5) is 192. The number of hydrogen-bond donors (Lipinski definition) is 3. The molecule has 1 aromatic carbocycles. The Labute approximate surface area is 574 Å². The summed E-state index contributed by atoms with van der Waals surface area (Å²) < 4.78 is 0. The number of likely N-dealkylation sites (tertiary alicyclic amines) is 1. The minimum Gasteiger partial charge on any atom is -0.343 e. The first-order valence-corrected chi connectivity index (χ1v) is 36.0. The molecule has 2 aliphatic carbocycles. The van der Waals surface area contributed by atoms with Crippen LogP contribution in [-0.4, -0.2) is 250 Å². The Bertz CT molecular complexity index is 2950. The quantitative estimate of drug-likeness (QED) is 0.264. The highest BCUT2D eigenvalue weighted by Crippen LogP contribution is 2.35. The minimum absolute atomic E-state index is 0.0903. The lowest BCUT2D eigenvalue weighted by Crippen LogP contribution is -2.65. The molecule has 9 atom stereocenters. The number of nitrogens with zero attached hydrogens (tertiary/aromatic N) is 9. The van der Waals surface area contributed by atoms with Gasteiger partial charge in [0.2, 0.25) is 70.9 Å². The van der Waals surface area contributed by atoms with E-state index >= 15 is 28.8 Å². The highest BCUT2D eigenvalue weighted by Gasteiger charge is 2.51. The zero-order chi connectivity index (χ0) is 70.5. The molecule has 4 saturated heterocycles. The number of halogens is 1. The van der Waals surface area contributed by atoms with Crippen molar-refractivity contribution < 1.29 is 57.5 Å². The van der Waals surface area contributed by atoms with Crippen LogP contribution in [0.4, 0.5) is 0 Å². The van der Waals surface area contributed by atoms with Crippen LogP contribution in [0.5, 0.6) is 0 Å². The highest BCUT2D eigenvalue weighted by molar-refractivity contribution is 6.30. The van der Waals surface area contributed by atoms with Gasteiger partial charge in [-0.05, 0) is 125 Å². The molecule has 6 aliphatic rings. The molecule has 0 aromatic heterocycles. The number of benzene rings is 1. The molecule has 3 N–H and O–H groups in total. The van der Waals surface area contributed by atoms with Crippen molar-refractivity contribution in [3.05, 3.63) is 34.9 Å². The van der Waals surface area contributed by atoms with Gasteiger partial charge in [0, 0.05) is 73.5 Å². The van der Waals surface area contributed by atoms with Gasteiger partial charge < -0.3 is 60.0 Å². The molecule has 7 rings (SSSR count). The maximum atomic E-state index is 15.4. The van der Waals surface area contributed by atoms with Crippen molar-refractivity contribution in [2.24, 2.45) is 23.7 Å². The second kappa shape index (κ2) is 34.6. The lowest BCUT2D eigenvalue weighted by Gasteiger charge is -2.42. The van der Waals surface area contributed by atoms with Crippen molar-refractivity contribution in [3.63, 3.8) is 0 Å². The van der Waals surface area contributed by atoms with Crippen molar-refractivity contribution in [1.82, 2.24) is 60.0 Å². The fourth-order valence-corrected chi connectivity index (χ4v) is 15.5. The van der Waals surface area contributed by atoms with E-state index in [0.29, 0.717) is 75.9 Å². The molecule has 12 amide bonds. The van der Waals surface area contributed by atoms with Crippen molar-refractivity contribution in [2.45, 2.75) is 237 Å². The SMILES string of the molecule is CC[C@H](C)[C@@H]1NC(=O)[C@H](CC(C)C)N(C)C(=O)C[C@@H](C(=O)N2CCCCC2)N(C)C(=O)[C@H](C(C)C)N(C)C(=O)C2(CCCC2)NC(=O)[C@@H]2CCCN2C(=O)[C@H](CCc2ccc(Cl)cc2)NC(=O)CN(C)C(=O)[C@H](CC2CCCCC2)N(C)C(=O)CN(C)C(=O)[C@@H]2CCCN2C1=O.